The van der Waals surface area contributed by atoms with E-state index in [0.717, 1.165) is 52.3 Å². The maximum absolute atomic E-state index is 13.6. The number of thiazole rings is 1. The Hall–Kier alpha value is -7.31. The van der Waals surface area contributed by atoms with Crippen LogP contribution in [0, 0.1) is 13.8 Å². The van der Waals surface area contributed by atoms with Crippen molar-refractivity contribution in [3.8, 4) is 17.2 Å². The zero-order chi connectivity index (χ0) is 53.9. The number of aromatic amines is 1. The van der Waals surface area contributed by atoms with Crippen molar-refractivity contribution in [3.05, 3.63) is 107 Å². The van der Waals surface area contributed by atoms with Gasteiger partial charge in [0, 0.05) is 27.6 Å². The first-order valence-corrected chi connectivity index (χ1v) is 28.6. The fourth-order valence-electron chi connectivity index (χ4n) is 7.27. The summed E-state index contributed by atoms with van der Waals surface area (Å²) in [5, 5.41) is 36.5. The molecule has 27 nitrogen and oxygen atoms in total. The van der Waals surface area contributed by atoms with Gasteiger partial charge in [-0.05, 0) is 86.0 Å². The summed E-state index contributed by atoms with van der Waals surface area (Å²) in [5.41, 5.74) is -0.609. The second kappa shape index (κ2) is 19.5. The van der Waals surface area contributed by atoms with Crippen LogP contribution in [0.3, 0.4) is 0 Å². The summed E-state index contributed by atoms with van der Waals surface area (Å²) in [6.07, 6.45) is 0.740. The minimum Gasteiger partial charge on any atom is -0.505 e. The Bertz CT molecular complexity index is 4420. The number of aromatic nitrogens is 3. The van der Waals surface area contributed by atoms with E-state index >= 15 is 0 Å². The van der Waals surface area contributed by atoms with Crippen molar-refractivity contribution in [2.24, 2.45) is 30.7 Å². The third-order valence-electron chi connectivity index (χ3n) is 10.6. The van der Waals surface area contributed by atoms with E-state index in [9.17, 15) is 74.8 Å². The lowest BCUT2D eigenvalue weighted by molar-refractivity contribution is 0.317. The number of nitrogens with zero attached hydrogens (tertiary/aromatic N) is 8. The van der Waals surface area contributed by atoms with E-state index in [4.69, 9.17) is 4.74 Å². The Morgan fingerprint density at radius 1 is 0.622 bits per heavy atom. The highest BCUT2D eigenvalue weighted by molar-refractivity contribution is 7.87. The highest BCUT2D eigenvalue weighted by Gasteiger charge is 2.27. The van der Waals surface area contributed by atoms with Crippen LogP contribution in [0.2, 0.25) is 0 Å². The van der Waals surface area contributed by atoms with Gasteiger partial charge in [-0.3, -0.25) is 32.7 Å². The van der Waals surface area contributed by atoms with Gasteiger partial charge in [-0.2, -0.15) is 42.1 Å². The molecule has 2 aromatic heterocycles. The van der Waals surface area contributed by atoms with Crippen LogP contribution in [-0.4, -0.2) is 97.1 Å². The Morgan fingerprint density at radius 3 is 1.91 bits per heavy atom. The van der Waals surface area contributed by atoms with Crippen LogP contribution in [0.1, 0.15) is 17.5 Å². The summed E-state index contributed by atoms with van der Waals surface area (Å²) < 4.78 is 178. The summed E-state index contributed by atoms with van der Waals surface area (Å²) in [4.78, 5) is 13.6. The molecule has 8 rings (SSSR count). The quantitative estimate of drug-likeness (QED) is 0.0271. The van der Waals surface area contributed by atoms with Crippen LogP contribution < -0.4 is 10.3 Å². The Kier molecular flexibility index (Phi) is 14.0. The van der Waals surface area contributed by atoms with Gasteiger partial charge < -0.3 is 9.84 Å². The van der Waals surface area contributed by atoms with Crippen LogP contribution in [0.25, 0.3) is 37.4 Å². The van der Waals surface area contributed by atoms with E-state index in [1.165, 1.54) is 23.5 Å². The van der Waals surface area contributed by atoms with Crippen LogP contribution >= 0.6 is 11.3 Å². The average Bonchev–Trinajstić information content (AvgIpc) is 3.90. The fourth-order valence-corrected chi connectivity index (χ4v) is 11.5. The molecule has 33 heteroatoms. The normalized spacial score (nSPS) is 13.2. The number of ether oxygens (including phenoxy) is 1. The second-order valence-electron chi connectivity index (χ2n) is 15.7. The van der Waals surface area contributed by atoms with Crippen molar-refractivity contribution in [2.75, 3.05) is 12.4 Å². The predicted octanol–water partition coefficient (Wildman–Crippen LogP) is 8.29. The van der Waals surface area contributed by atoms with Gasteiger partial charge in [-0.25, -0.2) is 9.67 Å². The summed E-state index contributed by atoms with van der Waals surface area (Å²) >= 11 is 1.31. The lowest BCUT2D eigenvalue weighted by Gasteiger charge is -2.12. The third-order valence-corrected chi connectivity index (χ3v) is 15.9. The number of aryl methyl sites for hydroxylation is 2. The van der Waals surface area contributed by atoms with Gasteiger partial charge >= 0.3 is 0 Å². The third kappa shape index (κ3) is 11.3. The summed E-state index contributed by atoms with van der Waals surface area (Å²) in [7, 11) is -25.6. The lowest BCUT2D eigenvalue weighted by atomic mass is 10.1. The molecule has 8 aromatic rings. The molecule has 0 unspecified atom stereocenters. The van der Waals surface area contributed by atoms with Crippen molar-refractivity contribution in [1.82, 2.24) is 14.8 Å². The molecule has 0 saturated carbocycles. The van der Waals surface area contributed by atoms with Gasteiger partial charge in [0.2, 0.25) is 5.13 Å². The molecule has 0 bridgehead atoms. The van der Waals surface area contributed by atoms with Crippen molar-refractivity contribution in [1.29, 1.82) is 0 Å². The number of fused-ring (bicyclic) bond motifs is 3. The largest absolute Gasteiger partial charge is 0.505 e. The van der Waals surface area contributed by atoms with Crippen LogP contribution in [-0.2, 0) is 50.6 Å². The predicted molar refractivity (Wildman–Crippen MR) is 263 cm³/mol. The number of nitrogens with one attached hydrogen (secondary N) is 1. The number of hydrogen-bond donors (Lipinski definition) is 7. The molecule has 0 fully saturated rings. The minimum absolute atomic E-state index is 0.0326. The first-order valence-electron chi connectivity index (χ1n) is 20.4. The van der Waals surface area contributed by atoms with Crippen molar-refractivity contribution in [2.45, 2.75) is 39.9 Å². The van der Waals surface area contributed by atoms with Crippen LogP contribution in [0.15, 0.2) is 140 Å². The molecule has 0 atom stereocenters. The number of azo groups is 3. The molecule has 6 aromatic carbocycles. The molecule has 2 heterocycles. The summed E-state index contributed by atoms with van der Waals surface area (Å²) in [5.74, 6) is -1.23. The Morgan fingerprint density at radius 2 is 1.24 bits per heavy atom. The van der Waals surface area contributed by atoms with Gasteiger partial charge in [-0.15, -0.1) is 30.7 Å². The zero-order valence-corrected chi connectivity index (χ0v) is 42.2. The van der Waals surface area contributed by atoms with E-state index in [1.807, 2.05) is 25.1 Å². The number of aromatic hydroxyl groups is 1. The van der Waals surface area contributed by atoms with Crippen molar-refractivity contribution >= 4 is 127 Å². The van der Waals surface area contributed by atoms with E-state index < -0.39 is 115 Å². The van der Waals surface area contributed by atoms with Gasteiger partial charge in [0.25, 0.3) is 56.1 Å². The van der Waals surface area contributed by atoms with Crippen molar-refractivity contribution in [3.63, 3.8) is 0 Å². The monoisotopic (exact) mass is 1130 g/mol. The lowest BCUT2D eigenvalue weighted by Crippen LogP contribution is -2.15. The molecule has 0 spiro atoms. The van der Waals surface area contributed by atoms with Gasteiger partial charge in [0.1, 0.15) is 37.5 Å². The van der Waals surface area contributed by atoms with E-state index in [-0.39, 0.29) is 40.9 Å². The maximum Gasteiger partial charge on any atom is 0.298 e. The Balaban J connectivity index is 1.13. The van der Waals surface area contributed by atoms with E-state index in [0.29, 0.717) is 39.3 Å². The number of phenols is 1. The number of rotatable bonds is 16. The minimum atomic E-state index is -5.40. The second-order valence-corrected chi connectivity index (χ2v) is 23.9. The SMILES string of the molecule is Cc1cc(N=Nc2ccc3c(S(=O)(=O)O)c(N=Nc4c[nH]n(-c5cc(S(=O)(=O)O)c6cc(S(=O)(=O)O)cc(S(=O)(=O)O)c6c5)c4=O)ccc3c2O)c(OCCCS(=O)(=O)O)cc1N=Nc1nc2c(C)cccc2s1. The molecule has 0 saturated heterocycles. The molecule has 0 aliphatic heterocycles. The summed E-state index contributed by atoms with van der Waals surface area (Å²) in [6.45, 7) is 3.37. The molecular formula is C41H33N9O18S6. The molecule has 0 aliphatic carbocycles. The molecule has 74 heavy (non-hydrogen) atoms. The molecule has 0 amide bonds. The number of benzene rings is 6. The van der Waals surface area contributed by atoms with E-state index in [1.54, 1.807) is 6.92 Å². The number of para-hydroxylation sites is 1. The smallest absolute Gasteiger partial charge is 0.298 e. The standard InChI is InChI=1S/C41H33N9O18S6/c1-20-5-3-6-34-37(20)43-41(69-34)49-46-30-18-33(68-11-4-12-70(53,54)55)31(13-21(30)2)47-44-28-9-8-25-24(38(28)51)7-10-29(39(25)74(65,66)67)45-48-32-19-42-50(40(32)52)22-14-26-27(35(15-22)72(59,60)61)16-23(71(56,57)58)17-36(26)73(62,63)64/h3,5-10,13-19,42,51H,4,11-12H2,1-2H3,(H,53,54,55)(H,56,57,58)(H,59,60,61)(H,62,63,64)(H,65,66,67). The highest BCUT2D eigenvalue weighted by atomic mass is 32.2. The molecular weight excluding hydrogens is 1100 g/mol. The molecule has 0 radical (unpaired) electrons. The highest BCUT2D eigenvalue weighted by Crippen LogP contribution is 2.43. The number of phenolic OH excluding ortho intramolecular Hbond substituents is 1. The van der Waals surface area contributed by atoms with Gasteiger partial charge in [0.15, 0.2) is 11.4 Å². The Labute approximate surface area is 421 Å². The topological polar surface area (TPSA) is 426 Å². The molecule has 0 aliphatic rings. The fraction of sp³-hybridized carbons (Fsp3) is 0.122. The van der Waals surface area contributed by atoms with Gasteiger partial charge in [0.05, 0.1) is 45.0 Å². The number of hydrogen-bond acceptors (Lipinski definition) is 21. The molecule has 386 valence electrons. The zero-order valence-electron chi connectivity index (χ0n) is 37.3. The molecule has 7 N–H and O–H groups in total. The average molecular weight is 1130 g/mol. The first-order chi connectivity index (χ1) is 34.5. The van der Waals surface area contributed by atoms with Crippen molar-refractivity contribution < 1.29 is 74.7 Å². The van der Waals surface area contributed by atoms with E-state index in [2.05, 4.69) is 40.8 Å². The maximum atomic E-state index is 13.6. The van der Waals surface area contributed by atoms with Crippen LogP contribution in [0.4, 0.5) is 33.6 Å². The summed E-state index contributed by atoms with van der Waals surface area (Å²) in [6, 6.07) is 15.2. The van der Waals surface area contributed by atoms with Gasteiger partial charge in [-0.1, -0.05) is 29.5 Å². The van der Waals surface area contributed by atoms with Crippen LogP contribution in [0.5, 0.6) is 11.5 Å². The number of H-pyrrole nitrogens is 1. The first kappa shape index (κ1) is 53.0.